The van der Waals surface area contributed by atoms with E-state index in [9.17, 15) is 9.90 Å². The Kier molecular flexibility index (Phi) is 4.76. The second-order valence-corrected chi connectivity index (χ2v) is 5.23. The van der Waals surface area contributed by atoms with Crippen molar-refractivity contribution in [2.75, 3.05) is 19.0 Å². The molecule has 1 aromatic rings. The summed E-state index contributed by atoms with van der Waals surface area (Å²) in [4.78, 5) is 19.5. The van der Waals surface area contributed by atoms with E-state index in [1.54, 1.807) is 7.11 Å². The van der Waals surface area contributed by atoms with Crippen molar-refractivity contribution in [3.8, 4) is 5.88 Å². The van der Waals surface area contributed by atoms with Crippen LogP contribution in [0, 0.1) is 18.8 Å². The third-order valence-corrected chi connectivity index (χ3v) is 3.99. The van der Waals surface area contributed by atoms with E-state index < -0.39 is 5.97 Å². The lowest BCUT2D eigenvalue weighted by Gasteiger charge is -2.28. The number of rotatable bonds is 5. The predicted molar refractivity (Wildman–Crippen MR) is 74.9 cm³/mol. The van der Waals surface area contributed by atoms with Gasteiger partial charge in [-0.15, -0.1) is 0 Å². The van der Waals surface area contributed by atoms with Gasteiger partial charge in [-0.2, -0.15) is 0 Å². The number of anilines is 1. The fraction of sp³-hybridized carbons (Fsp3) is 0.643. The van der Waals surface area contributed by atoms with Gasteiger partial charge in [-0.05, 0) is 25.7 Å². The molecule has 0 radical (unpaired) electrons. The molecule has 0 saturated heterocycles. The van der Waals surface area contributed by atoms with Crippen molar-refractivity contribution in [2.24, 2.45) is 11.8 Å². The van der Waals surface area contributed by atoms with E-state index in [1.807, 2.05) is 6.92 Å². The third-order valence-electron chi connectivity index (χ3n) is 3.99. The van der Waals surface area contributed by atoms with Crippen LogP contribution in [0.25, 0.3) is 0 Å². The Labute approximate surface area is 118 Å². The number of ether oxygens (including phenoxy) is 1. The number of hydrogen-bond donors (Lipinski definition) is 2. The molecule has 0 bridgehead atoms. The first-order valence-electron chi connectivity index (χ1n) is 6.95. The van der Waals surface area contributed by atoms with Gasteiger partial charge in [0.25, 0.3) is 0 Å². The first kappa shape index (κ1) is 14.6. The van der Waals surface area contributed by atoms with Crippen molar-refractivity contribution >= 4 is 11.8 Å². The molecule has 6 nitrogen and oxygen atoms in total. The average Bonchev–Trinajstić information content (AvgIpc) is 2.46. The van der Waals surface area contributed by atoms with E-state index in [1.165, 1.54) is 6.33 Å². The predicted octanol–water partition coefficient (Wildman–Crippen LogP) is 2.10. The molecule has 1 heterocycles. The maximum atomic E-state index is 11.3. The second-order valence-electron chi connectivity index (χ2n) is 5.23. The number of aliphatic carboxylic acids is 1. The number of nitrogens with one attached hydrogen (secondary N) is 1. The molecular weight excluding hydrogens is 258 g/mol. The van der Waals surface area contributed by atoms with E-state index in [4.69, 9.17) is 4.74 Å². The molecule has 2 unspecified atom stereocenters. The minimum atomic E-state index is -0.687. The molecule has 0 aromatic carbocycles. The van der Waals surface area contributed by atoms with Crippen molar-refractivity contribution < 1.29 is 14.6 Å². The first-order valence-corrected chi connectivity index (χ1v) is 6.95. The molecule has 1 saturated carbocycles. The minimum absolute atomic E-state index is 0.154. The van der Waals surface area contributed by atoms with E-state index >= 15 is 0 Å². The standard InChI is InChI=1S/C14H21N3O3/c1-9-12(16-8-17-13(9)20-2)15-7-10-5-3-4-6-11(10)14(18)19/h8,10-11H,3-7H2,1-2H3,(H,18,19)(H,15,16,17). The Balaban J connectivity index is 2.02. The summed E-state index contributed by atoms with van der Waals surface area (Å²) >= 11 is 0. The highest BCUT2D eigenvalue weighted by molar-refractivity contribution is 5.70. The van der Waals surface area contributed by atoms with Crippen LogP contribution in [0.3, 0.4) is 0 Å². The Morgan fingerprint density at radius 1 is 1.45 bits per heavy atom. The summed E-state index contributed by atoms with van der Waals surface area (Å²) in [5.74, 6) is 0.475. The van der Waals surface area contributed by atoms with Gasteiger partial charge in [-0.3, -0.25) is 4.79 Å². The Bertz CT molecular complexity index is 479. The van der Waals surface area contributed by atoms with E-state index in [-0.39, 0.29) is 11.8 Å². The monoisotopic (exact) mass is 279 g/mol. The van der Waals surface area contributed by atoms with Crippen LogP contribution in [0.15, 0.2) is 6.33 Å². The summed E-state index contributed by atoms with van der Waals surface area (Å²) in [7, 11) is 1.57. The lowest BCUT2D eigenvalue weighted by atomic mass is 9.79. The highest BCUT2D eigenvalue weighted by Gasteiger charge is 2.30. The molecule has 2 atom stereocenters. The smallest absolute Gasteiger partial charge is 0.306 e. The molecule has 1 aliphatic carbocycles. The second kappa shape index (κ2) is 6.54. The van der Waals surface area contributed by atoms with Gasteiger partial charge in [0.15, 0.2) is 0 Å². The van der Waals surface area contributed by atoms with E-state index in [0.29, 0.717) is 18.2 Å². The van der Waals surface area contributed by atoms with E-state index in [2.05, 4.69) is 15.3 Å². The number of aromatic nitrogens is 2. The quantitative estimate of drug-likeness (QED) is 0.858. The molecule has 0 spiro atoms. The average molecular weight is 279 g/mol. The zero-order chi connectivity index (χ0) is 14.5. The molecule has 0 aliphatic heterocycles. The summed E-state index contributed by atoms with van der Waals surface area (Å²) in [5.41, 5.74) is 0.845. The number of carbonyl (C=O) groups is 1. The summed E-state index contributed by atoms with van der Waals surface area (Å²) in [5, 5.41) is 12.5. The van der Waals surface area contributed by atoms with Gasteiger partial charge in [0.2, 0.25) is 5.88 Å². The van der Waals surface area contributed by atoms with Gasteiger partial charge < -0.3 is 15.2 Å². The van der Waals surface area contributed by atoms with Gasteiger partial charge in [0.05, 0.1) is 18.6 Å². The molecule has 2 rings (SSSR count). The number of hydrogen-bond acceptors (Lipinski definition) is 5. The summed E-state index contributed by atoms with van der Waals surface area (Å²) in [6.07, 6.45) is 5.28. The fourth-order valence-corrected chi connectivity index (χ4v) is 2.82. The Hall–Kier alpha value is -1.85. The molecule has 0 amide bonds. The van der Waals surface area contributed by atoms with Crippen LogP contribution >= 0.6 is 0 Å². The lowest BCUT2D eigenvalue weighted by Crippen LogP contribution is -2.32. The highest BCUT2D eigenvalue weighted by Crippen LogP contribution is 2.31. The number of methoxy groups -OCH3 is 1. The molecule has 2 N–H and O–H groups in total. The summed E-state index contributed by atoms with van der Waals surface area (Å²) in [6, 6.07) is 0. The van der Waals surface area contributed by atoms with Crippen molar-refractivity contribution in [1.29, 1.82) is 0 Å². The van der Waals surface area contributed by atoms with Crippen LogP contribution in [0.5, 0.6) is 5.88 Å². The Morgan fingerprint density at radius 2 is 2.20 bits per heavy atom. The molecule has 1 fully saturated rings. The number of carboxylic acids is 1. The van der Waals surface area contributed by atoms with Crippen LogP contribution in [-0.2, 0) is 4.79 Å². The third kappa shape index (κ3) is 3.18. The molecule has 110 valence electrons. The SMILES string of the molecule is COc1ncnc(NCC2CCCCC2C(=O)O)c1C. The number of nitrogens with zero attached hydrogens (tertiary/aromatic N) is 2. The summed E-state index contributed by atoms with van der Waals surface area (Å²) in [6.45, 7) is 2.51. The highest BCUT2D eigenvalue weighted by atomic mass is 16.5. The van der Waals surface area contributed by atoms with Gasteiger partial charge in [0, 0.05) is 6.54 Å². The van der Waals surface area contributed by atoms with Gasteiger partial charge in [0.1, 0.15) is 12.1 Å². The molecule has 1 aromatic heterocycles. The summed E-state index contributed by atoms with van der Waals surface area (Å²) < 4.78 is 5.15. The van der Waals surface area contributed by atoms with Gasteiger partial charge in [-0.1, -0.05) is 12.8 Å². The van der Waals surface area contributed by atoms with Crippen molar-refractivity contribution in [1.82, 2.24) is 9.97 Å². The Morgan fingerprint density at radius 3 is 2.90 bits per heavy atom. The topological polar surface area (TPSA) is 84.3 Å². The van der Waals surface area contributed by atoms with Crippen molar-refractivity contribution in [2.45, 2.75) is 32.6 Å². The normalized spacial score (nSPS) is 22.3. The molecule has 1 aliphatic rings. The molecule has 6 heteroatoms. The lowest BCUT2D eigenvalue weighted by molar-refractivity contribution is -0.144. The van der Waals surface area contributed by atoms with Crippen LogP contribution in [-0.4, -0.2) is 34.7 Å². The van der Waals surface area contributed by atoms with Crippen LogP contribution in [0.4, 0.5) is 5.82 Å². The maximum Gasteiger partial charge on any atom is 0.306 e. The van der Waals surface area contributed by atoms with Crippen LogP contribution < -0.4 is 10.1 Å². The molecule has 20 heavy (non-hydrogen) atoms. The van der Waals surface area contributed by atoms with Crippen LogP contribution in [0.2, 0.25) is 0 Å². The first-order chi connectivity index (χ1) is 9.63. The zero-order valence-electron chi connectivity index (χ0n) is 11.9. The maximum absolute atomic E-state index is 11.3. The van der Waals surface area contributed by atoms with Crippen molar-refractivity contribution in [3.05, 3.63) is 11.9 Å². The minimum Gasteiger partial charge on any atom is -0.481 e. The van der Waals surface area contributed by atoms with Gasteiger partial charge in [-0.25, -0.2) is 9.97 Å². The number of carboxylic acid groups (broad SMARTS) is 1. The van der Waals surface area contributed by atoms with Crippen molar-refractivity contribution in [3.63, 3.8) is 0 Å². The van der Waals surface area contributed by atoms with Gasteiger partial charge >= 0.3 is 5.97 Å². The molecular formula is C14H21N3O3. The largest absolute Gasteiger partial charge is 0.481 e. The fourth-order valence-electron chi connectivity index (χ4n) is 2.82. The van der Waals surface area contributed by atoms with E-state index in [0.717, 1.165) is 31.2 Å². The zero-order valence-corrected chi connectivity index (χ0v) is 11.9. The van der Waals surface area contributed by atoms with Crippen LogP contribution in [0.1, 0.15) is 31.2 Å².